The zero-order valence-electron chi connectivity index (χ0n) is 20.1. The first-order chi connectivity index (χ1) is 14.1. The van der Waals surface area contributed by atoms with Crippen molar-refractivity contribution < 1.29 is 14.9 Å². The second-order valence-corrected chi connectivity index (χ2v) is 12.2. The van der Waals surface area contributed by atoms with Crippen LogP contribution in [0.1, 0.15) is 91.9 Å². The van der Waals surface area contributed by atoms with Crippen molar-refractivity contribution in [2.45, 2.75) is 104 Å². The fourth-order valence-corrected chi connectivity index (χ4v) is 8.82. The normalized spacial score (nSPS) is 47.6. The SMILES string of the molecule is COC[C@]12CC[C@](C)(O)CC1=CCC1[C@@H]2CC[C@]2(C)[C@@H]([C@H](C)CCC(C)O)CC[C@@H]12. The molecule has 3 saturated carbocycles. The van der Waals surface area contributed by atoms with Crippen molar-refractivity contribution in [1.29, 1.82) is 0 Å². The van der Waals surface area contributed by atoms with Crippen molar-refractivity contribution in [1.82, 2.24) is 0 Å². The molecular weight excluding hydrogens is 372 g/mol. The van der Waals surface area contributed by atoms with Gasteiger partial charge in [0.15, 0.2) is 0 Å². The number of hydrogen-bond donors (Lipinski definition) is 2. The van der Waals surface area contributed by atoms with Crippen LogP contribution in [-0.4, -0.2) is 35.6 Å². The number of aliphatic hydroxyl groups is 2. The van der Waals surface area contributed by atoms with Crippen LogP contribution in [0.25, 0.3) is 0 Å². The molecular formula is C27H46O3. The lowest BCUT2D eigenvalue weighted by molar-refractivity contribution is -0.0976. The molecule has 0 amide bonds. The van der Waals surface area contributed by atoms with Crippen LogP contribution in [-0.2, 0) is 4.74 Å². The number of fused-ring (bicyclic) bond motifs is 5. The summed E-state index contributed by atoms with van der Waals surface area (Å²) in [6, 6.07) is 0. The summed E-state index contributed by atoms with van der Waals surface area (Å²) in [4.78, 5) is 0. The molecule has 3 heteroatoms. The Kier molecular flexibility index (Phi) is 6.23. The Morgan fingerprint density at radius 3 is 2.53 bits per heavy atom. The van der Waals surface area contributed by atoms with Crippen molar-refractivity contribution in [2.75, 3.05) is 13.7 Å². The van der Waals surface area contributed by atoms with Gasteiger partial charge in [0.1, 0.15) is 0 Å². The van der Waals surface area contributed by atoms with Gasteiger partial charge in [-0.15, -0.1) is 0 Å². The Labute approximate surface area is 184 Å². The van der Waals surface area contributed by atoms with Crippen LogP contribution in [0.3, 0.4) is 0 Å². The molecule has 0 aliphatic heterocycles. The van der Waals surface area contributed by atoms with Crippen LogP contribution in [0.5, 0.6) is 0 Å². The molecule has 2 N–H and O–H groups in total. The van der Waals surface area contributed by atoms with E-state index in [4.69, 9.17) is 4.74 Å². The number of methoxy groups -OCH3 is 1. The molecule has 172 valence electrons. The molecule has 30 heavy (non-hydrogen) atoms. The molecule has 0 aromatic carbocycles. The summed E-state index contributed by atoms with van der Waals surface area (Å²) >= 11 is 0. The van der Waals surface area contributed by atoms with Crippen LogP contribution in [0.2, 0.25) is 0 Å². The highest BCUT2D eigenvalue weighted by molar-refractivity contribution is 5.28. The van der Waals surface area contributed by atoms with Crippen molar-refractivity contribution in [3.05, 3.63) is 11.6 Å². The van der Waals surface area contributed by atoms with Gasteiger partial charge in [0.25, 0.3) is 0 Å². The summed E-state index contributed by atoms with van der Waals surface area (Å²) in [6.07, 6.45) is 13.9. The van der Waals surface area contributed by atoms with E-state index in [9.17, 15) is 10.2 Å². The lowest BCUT2D eigenvalue weighted by Crippen LogP contribution is -2.54. The van der Waals surface area contributed by atoms with Gasteiger partial charge in [-0.3, -0.25) is 0 Å². The average molecular weight is 419 g/mol. The van der Waals surface area contributed by atoms with Crippen molar-refractivity contribution in [2.24, 2.45) is 40.4 Å². The summed E-state index contributed by atoms with van der Waals surface area (Å²) < 4.78 is 5.86. The third-order valence-corrected chi connectivity index (χ3v) is 10.3. The Balaban J connectivity index is 1.58. The molecule has 4 rings (SSSR count). The molecule has 4 aliphatic carbocycles. The summed E-state index contributed by atoms with van der Waals surface area (Å²) in [5.74, 6) is 3.83. The molecule has 3 fully saturated rings. The molecule has 2 unspecified atom stereocenters. The molecule has 0 aromatic heterocycles. The van der Waals surface area contributed by atoms with Crippen LogP contribution in [0.15, 0.2) is 11.6 Å². The summed E-state index contributed by atoms with van der Waals surface area (Å²) in [6.45, 7) is 9.83. The Bertz CT molecular complexity index is 652. The summed E-state index contributed by atoms with van der Waals surface area (Å²) in [7, 11) is 1.87. The van der Waals surface area contributed by atoms with Gasteiger partial charge in [0.2, 0.25) is 0 Å². The summed E-state index contributed by atoms with van der Waals surface area (Å²) in [5, 5.41) is 20.6. The number of rotatable bonds is 6. The van der Waals surface area contributed by atoms with E-state index in [0.717, 1.165) is 62.4 Å². The summed E-state index contributed by atoms with van der Waals surface area (Å²) in [5.41, 5.74) is 1.58. The molecule has 0 bridgehead atoms. The van der Waals surface area contributed by atoms with E-state index in [1.807, 2.05) is 21.0 Å². The van der Waals surface area contributed by atoms with E-state index < -0.39 is 5.60 Å². The predicted octanol–water partition coefficient (Wildman–Crippen LogP) is 5.74. The smallest absolute Gasteiger partial charge is 0.0657 e. The average Bonchev–Trinajstić information content (AvgIpc) is 3.03. The third-order valence-electron chi connectivity index (χ3n) is 10.3. The second-order valence-electron chi connectivity index (χ2n) is 12.2. The van der Waals surface area contributed by atoms with E-state index in [0.29, 0.717) is 11.3 Å². The molecule has 0 saturated heterocycles. The topological polar surface area (TPSA) is 49.7 Å². The van der Waals surface area contributed by atoms with Crippen LogP contribution < -0.4 is 0 Å². The second kappa shape index (κ2) is 8.19. The Morgan fingerprint density at radius 2 is 1.83 bits per heavy atom. The molecule has 9 atom stereocenters. The molecule has 0 heterocycles. The van der Waals surface area contributed by atoms with Crippen LogP contribution in [0.4, 0.5) is 0 Å². The van der Waals surface area contributed by atoms with Crippen LogP contribution >= 0.6 is 0 Å². The maximum atomic E-state index is 10.8. The van der Waals surface area contributed by atoms with Gasteiger partial charge in [-0.1, -0.05) is 25.5 Å². The minimum Gasteiger partial charge on any atom is -0.393 e. The van der Waals surface area contributed by atoms with Gasteiger partial charge < -0.3 is 14.9 Å². The maximum absolute atomic E-state index is 10.8. The molecule has 4 aliphatic rings. The zero-order chi connectivity index (χ0) is 21.7. The van der Waals surface area contributed by atoms with E-state index in [-0.39, 0.29) is 11.5 Å². The first kappa shape index (κ1) is 22.8. The highest BCUT2D eigenvalue weighted by Gasteiger charge is 2.60. The minimum absolute atomic E-state index is 0.164. The third kappa shape index (κ3) is 3.71. The van der Waals surface area contributed by atoms with Gasteiger partial charge in [0, 0.05) is 12.5 Å². The monoisotopic (exact) mass is 418 g/mol. The molecule has 0 radical (unpaired) electrons. The van der Waals surface area contributed by atoms with Crippen LogP contribution in [0, 0.1) is 40.4 Å². The van der Waals surface area contributed by atoms with Crippen molar-refractivity contribution in [3.63, 3.8) is 0 Å². The van der Waals surface area contributed by atoms with E-state index in [1.54, 1.807) is 0 Å². The fourth-order valence-electron chi connectivity index (χ4n) is 8.82. The van der Waals surface area contributed by atoms with E-state index in [1.165, 1.54) is 37.7 Å². The van der Waals surface area contributed by atoms with Crippen molar-refractivity contribution in [3.8, 4) is 0 Å². The molecule has 0 aromatic rings. The lowest BCUT2D eigenvalue weighted by atomic mass is 9.46. The highest BCUT2D eigenvalue weighted by Crippen LogP contribution is 2.67. The largest absolute Gasteiger partial charge is 0.393 e. The maximum Gasteiger partial charge on any atom is 0.0657 e. The first-order valence-electron chi connectivity index (χ1n) is 12.7. The minimum atomic E-state index is -0.545. The Hall–Kier alpha value is -0.380. The van der Waals surface area contributed by atoms with E-state index in [2.05, 4.69) is 19.9 Å². The number of allylic oxidation sites excluding steroid dienone is 1. The first-order valence-corrected chi connectivity index (χ1v) is 12.7. The van der Waals surface area contributed by atoms with Gasteiger partial charge >= 0.3 is 0 Å². The van der Waals surface area contributed by atoms with Gasteiger partial charge in [-0.2, -0.15) is 0 Å². The van der Waals surface area contributed by atoms with Crippen molar-refractivity contribution >= 4 is 0 Å². The number of hydrogen-bond acceptors (Lipinski definition) is 3. The standard InChI is InChI=1S/C27H46O3/c1-18(6-7-19(2)28)22-10-11-23-21-9-8-20-16-25(3,29)14-15-27(20,17-30-5)24(21)12-13-26(22,23)4/h8,18-19,21-24,28-29H,6-7,9-17H2,1-5H3/t18-,19?,21?,22-,23+,24+,25+,26-,27-/m1/s1. The van der Waals surface area contributed by atoms with Gasteiger partial charge in [0.05, 0.1) is 18.3 Å². The molecule has 0 spiro atoms. The zero-order valence-corrected chi connectivity index (χ0v) is 20.1. The lowest BCUT2D eigenvalue weighted by Gasteiger charge is -2.60. The predicted molar refractivity (Wildman–Crippen MR) is 122 cm³/mol. The van der Waals surface area contributed by atoms with Gasteiger partial charge in [-0.05, 0) is 113 Å². The van der Waals surface area contributed by atoms with Gasteiger partial charge in [-0.25, -0.2) is 0 Å². The number of aliphatic hydroxyl groups excluding tert-OH is 1. The number of ether oxygens (including phenoxy) is 1. The molecule has 3 nitrogen and oxygen atoms in total. The van der Waals surface area contributed by atoms with E-state index >= 15 is 0 Å². The highest BCUT2D eigenvalue weighted by atomic mass is 16.5. The quantitative estimate of drug-likeness (QED) is 0.541. The Morgan fingerprint density at radius 1 is 1.07 bits per heavy atom. The fraction of sp³-hybridized carbons (Fsp3) is 0.926.